The topological polar surface area (TPSA) is 69.7 Å². The van der Waals surface area contributed by atoms with Crippen molar-refractivity contribution in [3.63, 3.8) is 0 Å². The van der Waals surface area contributed by atoms with Crippen molar-refractivity contribution in [2.24, 2.45) is 0 Å². The number of carbonyl (C=O) groups is 3. The summed E-state index contributed by atoms with van der Waals surface area (Å²) >= 11 is 6.82. The van der Waals surface area contributed by atoms with Crippen molar-refractivity contribution < 1.29 is 14.4 Å². The first-order valence-electron chi connectivity index (χ1n) is 10.1. The smallest absolute Gasteiger partial charge is 0.294 e. The Morgan fingerprint density at radius 3 is 2.55 bits per heavy atom. The van der Waals surface area contributed by atoms with Crippen LogP contribution in [-0.4, -0.2) is 41.6 Å². The normalized spacial score (nSPS) is 17.7. The third kappa shape index (κ3) is 4.94. The Morgan fingerprint density at radius 1 is 1.13 bits per heavy atom. The summed E-state index contributed by atoms with van der Waals surface area (Å²) in [6.07, 6.45) is 4.11. The van der Waals surface area contributed by atoms with E-state index in [2.05, 4.69) is 10.2 Å². The summed E-state index contributed by atoms with van der Waals surface area (Å²) in [4.78, 5) is 41.1. The van der Waals surface area contributed by atoms with Crippen LogP contribution in [0.3, 0.4) is 0 Å². The molecular formula is C23H22ClN3O3S. The number of carbonyl (C=O) groups excluding carboxylic acids is 3. The van der Waals surface area contributed by atoms with Crippen LogP contribution < -0.4 is 10.2 Å². The number of hydrogen-bond acceptors (Lipinski definition) is 5. The molecule has 2 aliphatic rings. The Morgan fingerprint density at radius 2 is 1.84 bits per heavy atom. The van der Waals surface area contributed by atoms with Gasteiger partial charge in [0.15, 0.2) is 0 Å². The van der Waals surface area contributed by atoms with Gasteiger partial charge in [-0.2, -0.15) is 0 Å². The first-order valence-corrected chi connectivity index (χ1v) is 11.3. The van der Waals surface area contributed by atoms with Crippen molar-refractivity contribution in [2.45, 2.75) is 19.8 Å². The summed E-state index contributed by atoms with van der Waals surface area (Å²) in [6, 6.07) is 13.1. The molecule has 2 fully saturated rings. The highest BCUT2D eigenvalue weighted by Crippen LogP contribution is 2.32. The summed E-state index contributed by atoms with van der Waals surface area (Å²) < 4.78 is 0. The molecule has 0 unspecified atom stereocenters. The molecule has 1 N–H and O–H groups in total. The Labute approximate surface area is 190 Å². The summed E-state index contributed by atoms with van der Waals surface area (Å²) in [7, 11) is 0. The summed E-state index contributed by atoms with van der Waals surface area (Å²) in [5.41, 5.74) is 3.39. The van der Waals surface area contributed by atoms with E-state index in [9.17, 15) is 14.4 Å². The van der Waals surface area contributed by atoms with E-state index in [-0.39, 0.29) is 6.54 Å². The summed E-state index contributed by atoms with van der Waals surface area (Å²) in [5, 5.41) is 2.75. The maximum absolute atomic E-state index is 12.7. The standard InChI is InChI=1S/C23H22ClN3O3S/c1-15-4-7-17(24)13-19(15)25-21(28)14-27-22(29)20(31-23(27)30)12-16-5-8-18(9-6-16)26-10-2-3-11-26/h4-9,12-13H,2-3,10-11,14H2,1H3,(H,25,28)/b20-12+. The van der Waals surface area contributed by atoms with Gasteiger partial charge in [-0.1, -0.05) is 29.8 Å². The van der Waals surface area contributed by atoms with Crippen molar-refractivity contribution in [2.75, 3.05) is 29.9 Å². The molecule has 2 aromatic rings. The van der Waals surface area contributed by atoms with E-state index >= 15 is 0 Å². The van der Waals surface area contributed by atoms with Crippen molar-refractivity contribution >= 4 is 57.9 Å². The molecule has 2 aromatic carbocycles. The van der Waals surface area contributed by atoms with Gasteiger partial charge < -0.3 is 10.2 Å². The fourth-order valence-electron chi connectivity index (χ4n) is 3.61. The number of imide groups is 1. The average molecular weight is 456 g/mol. The number of nitrogens with one attached hydrogen (secondary N) is 1. The van der Waals surface area contributed by atoms with Crippen molar-refractivity contribution in [1.82, 2.24) is 4.90 Å². The number of anilines is 2. The van der Waals surface area contributed by atoms with E-state index in [0.717, 1.165) is 46.6 Å². The minimum Gasteiger partial charge on any atom is -0.372 e. The number of nitrogens with zero attached hydrogens (tertiary/aromatic N) is 2. The third-order valence-corrected chi connectivity index (χ3v) is 6.45. The number of amides is 3. The molecule has 160 valence electrons. The number of aryl methyl sites for hydroxylation is 1. The predicted molar refractivity (Wildman–Crippen MR) is 125 cm³/mol. The molecule has 2 saturated heterocycles. The number of halogens is 1. The lowest BCUT2D eigenvalue weighted by Crippen LogP contribution is -2.36. The molecule has 0 atom stereocenters. The van der Waals surface area contributed by atoms with Crippen molar-refractivity contribution in [3.05, 3.63) is 63.5 Å². The van der Waals surface area contributed by atoms with Crippen molar-refractivity contribution in [3.8, 4) is 0 Å². The van der Waals surface area contributed by atoms with Gasteiger partial charge >= 0.3 is 0 Å². The van der Waals surface area contributed by atoms with Crippen LogP contribution in [0, 0.1) is 6.92 Å². The summed E-state index contributed by atoms with van der Waals surface area (Å²) in [6.45, 7) is 3.62. The van der Waals surface area contributed by atoms with E-state index < -0.39 is 17.1 Å². The molecule has 8 heteroatoms. The lowest BCUT2D eigenvalue weighted by atomic mass is 10.2. The highest BCUT2D eigenvalue weighted by atomic mass is 35.5. The quantitative estimate of drug-likeness (QED) is 0.648. The zero-order valence-corrected chi connectivity index (χ0v) is 18.6. The second-order valence-corrected chi connectivity index (χ2v) is 8.99. The number of thioether (sulfide) groups is 1. The van der Waals surface area contributed by atoms with Gasteiger partial charge in [-0.15, -0.1) is 0 Å². The van der Waals surface area contributed by atoms with Crippen LogP contribution in [0.4, 0.5) is 16.2 Å². The Hall–Kier alpha value is -2.77. The molecule has 0 aromatic heterocycles. The Balaban J connectivity index is 1.42. The van der Waals surface area contributed by atoms with E-state index in [0.29, 0.717) is 15.6 Å². The molecule has 0 radical (unpaired) electrons. The zero-order valence-electron chi connectivity index (χ0n) is 17.1. The third-order valence-electron chi connectivity index (χ3n) is 5.31. The van der Waals surface area contributed by atoms with Crippen LogP contribution in [0.1, 0.15) is 24.0 Å². The van der Waals surface area contributed by atoms with E-state index in [4.69, 9.17) is 11.6 Å². The second kappa shape index (κ2) is 9.16. The van der Waals surface area contributed by atoms with Gasteiger partial charge in [0.2, 0.25) is 5.91 Å². The molecule has 0 aliphatic carbocycles. The molecule has 6 nitrogen and oxygen atoms in total. The Kier molecular flexibility index (Phi) is 6.34. The molecule has 2 heterocycles. The lowest BCUT2D eigenvalue weighted by molar-refractivity contribution is -0.127. The molecule has 31 heavy (non-hydrogen) atoms. The number of rotatable bonds is 5. The van der Waals surface area contributed by atoms with E-state index in [1.54, 1.807) is 24.3 Å². The van der Waals surface area contributed by atoms with Gasteiger partial charge in [-0.25, -0.2) is 0 Å². The molecule has 3 amide bonds. The van der Waals surface area contributed by atoms with Gasteiger partial charge in [0, 0.05) is 29.5 Å². The molecule has 4 rings (SSSR count). The van der Waals surface area contributed by atoms with Gasteiger partial charge in [0.1, 0.15) is 6.54 Å². The molecule has 2 aliphatic heterocycles. The highest BCUT2D eigenvalue weighted by Gasteiger charge is 2.36. The van der Waals surface area contributed by atoms with Gasteiger partial charge in [-0.3, -0.25) is 19.3 Å². The van der Waals surface area contributed by atoms with Crippen LogP contribution >= 0.6 is 23.4 Å². The molecule has 0 bridgehead atoms. The first-order chi connectivity index (χ1) is 14.9. The number of hydrogen-bond donors (Lipinski definition) is 1. The van der Waals surface area contributed by atoms with Crippen LogP contribution in [-0.2, 0) is 9.59 Å². The molecular weight excluding hydrogens is 434 g/mol. The van der Waals surface area contributed by atoms with Gasteiger partial charge in [-0.05, 0) is 73.0 Å². The largest absolute Gasteiger partial charge is 0.372 e. The maximum Gasteiger partial charge on any atom is 0.294 e. The fraction of sp³-hybridized carbons (Fsp3) is 0.261. The lowest BCUT2D eigenvalue weighted by Gasteiger charge is -2.17. The maximum atomic E-state index is 12.7. The number of benzene rings is 2. The average Bonchev–Trinajstić information content (AvgIpc) is 3.36. The minimum absolute atomic E-state index is 0.311. The van der Waals surface area contributed by atoms with Crippen LogP contribution in [0.2, 0.25) is 5.02 Å². The van der Waals surface area contributed by atoms with Crippen LogP contribution in [0.15, 0.2) is 47.4 Å². The first kappa shape index (κ1) is 21.5. The predicted octanol–water partition coefficient (Wildman–Crippen LogP) is 4.92. The minimum atomic E-state index is -0.461. The molecule has 0 saturated carbocycles. The van der Waals surface area contributed by atoms with Gasteiger partial charge in [0.25, 0.3) is 11.1 Å². The summed E-state index contributed by atoms with van der Waals surface area (Å²) in [5.74, 6) is -0.916. The SMILES string of the molecule is Cc1ccc(Cl)cc1NC(=O)CN1C(=O)S/C(=C/c2ccc(N3CCCC3)cc2)C1=O. The second-order valence-electron chi connectivity index (χ2n) is 7.56. The van der Waals surface area contributed by atoms with Crippen LogP contribution in [0.25, 0.3) is 6.08 Å². The van der Waals surface area contributed by atoms with Crippen LogP contribution in [0.5, 0.6) is 0 Å². The zero-order chi connectivity index (χ0) is 22.0. The van der Waals surface area contributed by atoms with Gasteiger partial charge in [0.05, 0.1) is 4.91 Å². The van der Waals surface area contributed by atoms with E-state index in [1.165, 1.54) is 12.8 Å². The monoisotopic (exact) mass is 455 g/mol. The fourth-order valence-corrected chi connectivity index (χ4v) is 4.62. The van der Waals surface area contributed by atoms with E-state index in [1.807, 2.05) is 31.2 Å². The Bertz CT molecular complexity index is 1060. The highest BCUT2D eigenvalue weighted by molar-refractivity contribution is 8.18. The molecule has 0 spiro atoms. The van der Waals surface area contributed by atoms with Crippen molar-refractivity contribution in [1.29, 1.82) is 0 Å².